The minimum absolute atomic E-state index is 0.0195. The van der Waals surface area contributed by atoms with Crippen LogP contribution in [0.3, 0.4) is 0 Å². The maximum Gasteiger partial charge on any atom is 0.410 e. The molecule has 0 unspecified atom stereocenters. The van der Waals surface area contributed by atoms with Crippen LogP contribution in [-0.2, 0) is 4.74 Å². The van der Waals surface area contributed by atoms with E-state index in [4.69, 9.17) is 4.74 Å². The summed E-state index contributed by atoms with van der Waals surface area (Å²) in [5.41, 5.74) is 1.78. The summed E-state index contributed by atoms with van der Waals surface area (Å²) in [6.45, 7) is 7.47. The van der Waals surface area contributed by atoms with Crippen molar-refractivity contribution in [1.82, 2.24) is 9.88 Å². The fourth-order valence-electron chi connectivity index (χ4n) is 5.28. The third kappa shape index (κ3) is 3.35. The summed E-state index contributed by atoms with van der Waals surface area (Å²) in [7, 11) is 0. The fraction of sp³-hybridized carbons (Fsp3) is 0.440. The molecule has 6 nitrogen and oxygen atoms in total. The van der Waals surface area contributed by atoms with Crippen LogP contribution < -0.4 is 4.90 Å². The smallest absolute Gasteiger partial charge is 0.410 e. The van der Waals surface area contributed by atoms with Gasteiger partial charge in [0.2, 0.25) is 0 Å². The molecule has 0 bridgehead atoms. The van der Waals surface area contributed by atoms with Crippen LogP contribution in [0.5, 0.6) is 0 Å². The Morgan fingerprint density at radius 1 is 1.28 bits per heavy atom. The summed E-state index contributed by atoms with van der Waals surface area (Å²) in [5, 5.41) is 11.2. The highest BCUT2D eigenvalue weighted by Crippen LogP contribution is 2.42. The van der Waals surface area contributed by atoms with Gasteiger partial charge in [0.25, 0.3) is 0 Å². The summed E-state index contributed by atoms with van der Waals surface area (Å²) in [6.07, 6.45) is 1.61. The molecule has 2 aliphatic rings. The minimum Gasteiger partial charge on any atom is -0.444 e. The van der Waals surface area contributed by atoms with E-state index in [2.05, 4.69) is 16.0 Å². The van der Waals surface area contributed by atoms with Gasteiger partial charge in [-0.25, -0.2) is 9.18 Å². The second-order valence-electron chi connectivity index (χ2n) is 9.84. The van der Waals surface area contributed by atoms with E-state index in [0.29, 0.717) is 36.4 Å². The Morgan fingerprint density at radius 2 is 2.06 bits per heavy atom. The van der Waals surface area contributed by atoms with Gasteiger partial charge in [0, 0.05) is 35.9 Å². The highest BCUT2D eigenvalue weighted by molar-refractivity contribution is 6.15. The number of halogens is 1. The molecule has 32 heavy (non-hydrogen) atoms. The van der Waals surface area contributed by atoms with Crippen molar-refractivity contribution >= 4 is 33.6 Å². The number of anilines is 1. The van der Waals surface area contributed by atoms with Crippen molar-refractivity contribution in [2.75, 3.05) is 24.5 Å². The largest absolute Gasteiger partial charge is 0.444 e. The molecule has 1 N–H and O–H groups in total. The summed E-state index contributed by atoms with van der Waals surface area (Å²) in [5.74, 6) is -0.146. The van der Waals surface area contributed by atoms with E-state index in [1.54, 1.807) is 0 Å². The molecule has 2 aromatic carbocycles. The number of carbonyl (C=O) groups excluding carboxylic acids is 1. The number of aromatic amines is 1. The number of fused-ring (bicyclic) bond motifs is 4. The lowest BCUT2D eigenvalue weighted by Gasteiger charge is -2.37. The number of carbonyl (C=O) groups is 1. The van der Waals surface area contributed by atoms with Gasteiger partial charge in [-0.15, -0.1) is 0 Å². The number of para-hydroxylation sites is 1. The highest BCUT2D eigenvalue weighted by atomic mass is 19.1. The monoisotopic (exact) mass is 434 g/mol. The number of rotatable bonds is 1. The zero-order valence-corrected chi connectivity index (χ0v) is 18.6. The van der Waals surface area contributed by atoms with Crippen molar-refractivity contribution < 1.29 is 13.9 Å². The minimum atomic E-state index is -0.558. The normalized spacial score (nSPS) is 21.1. The Kier molecular flexibility index (Phi) is 4.77. The molecular formula is C25H27FN4O2. The first-order chi connectivity index (χ1) is 15.3. The number of ether oxygens (including phenoxy) is 1. The fourth-order valence-corrected chi connectivity index (χ4v) is 5.28. The Balaban J connectivity index is 1.57. The zero-order valence-electron chi connectivity index (χ0n) is 18.6. The maximum atomic E-state index is 15.5. The lowest BCUT2D eigenvalue weighted by molar-refractivity contribution is 0.00670. The molecule has 0 radical (unpaired) electrons. The van der Waals surface area contributed by atoms with Gasteiger partial charge in [0.05, 0.1) is 22.8 Å². The average molecular weight is 435 g/mol. The summed E-state index contributed by atoms with van der Waals surface area (Å²) >= 11 is 0. The van der Waals surface area contributed by atoms with Gasteiger partial charge in [-0.2, -0.15) is 5.26 Å². The Hall–Kier alpha value is -3.27. The van der Waals surface area contributed by atoms with Crippen LogP contribution in [0.25, 0.3) is 21.8 Å². The molecule has 166 valence electrons. The van der Waals surface area contributed by atoms with Crippen LogP contribution >= 0.6 is 0 Å². The number of likely N-dealkylation sites (tertiary alicyclic amines) is 1. The summed E-state index contributed by atoms with van der Waals surface area (Å²) in [6, 6.07) is 11.2. The van der Waals surface area contributed by atoms with Crippen molar-refractivity contribution in [2.45, 2.75) is 45.3 Å². The number of aromatic nitrogens is 1. The van der Waals surface area contributed by atoms with Crippen molar-refractivity contribution in [2.24, 2.45) is 5.92 Å². The van der Waals surface area contributed by atoms with Gasteiger partial charge < -0.3 is 19.5 Å². The number of amides is 1. The average Bonchev–Trinajstić information content (AvgIpc) is 3.33. The predicted molar refractivity (Wildman–Crippen MR) is 122 cm³/mol. The quantitative estimate of drug-likeness (QED) is 0.574. The molecule has 0 spiro atoms. The topological polar surface area (TPSA) is 72.4 Å². The second kappa shape index (κ2) is 7.40. The van der Waals surface area contributed by atoms with Crippen LogP contribution in [0, 0.1) is 23.1 Å². The second-order valence-corrected chi connectivity index (χ2v) is 9.84. The lowest BCUT2D eigenvalue weighted by atomic mass is 9.92. The third-order valence-corrected chi connectivity index (χ3v) is 6.55. The van der Waals surface area contributed by atoms with Crippen LogP contribution in [0.15, 0.2) is 30.3 Å². The number of nitriles is 1. The molecule has 2 aliphatic heterocycles. The molecule has 0 aliphatic carbocycles. The maximum absolute atomic E-state index is 15.5. The molecule has 0 saturated carbocycles. The molecule has 1 amide bonds. The number of piperidine rings is 1. The number of H-pyrrole nitrogens is 1. The van der Waals surface area contributed by atoms with E-state index >= 15 is 4.39 Å². The first-order valence-electron chi connectivity index (χ1n) is 11.1. The highest BCUT2D eigenvalue weighted by Gasteiger charge is 2.43. The summed E-state index contributed by atoms with van der Waals surface area (Å²) in [4.78, 5) is 20.0. The standard InChI is InChI=1S/C25H27FN4O2/c1-25(2,3)32-24(31)30-10-6-7-15-13-29(14-20(15)30)23-18(26)11-16(12-27)22-21(23)17-8-4-5-9-19(17)28-22/h4-5,8-9,11,15,20,28H,6-7,10,13-14H2,1-3H3/t15-,20+/m1/s1. The number of hydrogen-bond donors (Lipinski definition) is 1. The lowest BCUT2D eigenvalue weighted by Crippen LogP contribution is -2.50. The van der Waals surface area contributed by atoms with Crippen molar-refractivity contribution in [1.29, 1.82) is 5.26 Å². The molecule has 2 fully saturated rings. The van der Waals surface area contributed by atoms with Gasteiger partial charge in [0.15, 0.2) is 0 Å². The molecule has 5 rings (SSSR count). The van der Waals surface area contributed by atoms with E-state index in [1.807, 2.05) is 49.9 Å². The van der Waals surface area contributed by atoms with E-state index in [-0.39, 0.29) is 18.1 Å². The first kappa shape index (κ1) is 20.6. The predicted octanol–water partition coefficient (Wildman–Crippen LogP) is 5.17. The molecule has 3 heterocycles. The van der Waals surface area contributed by atoms with Gasteiger partial charge in [0.1, 0.15) is 17.5 Å². The van der Waals surface area contributed by atoms with Gasteiger partial charge >= 0.3 is 6.09 Å². The number of hydrogen-bond acceptors (Lipinski definition) is 4. The molecule has 2 saturated heterocycles. The van der Waals surface area contributed by atoms with Crippen molar-refractivity contribution in [3.63, 3.8) is 0 Å². The zero-order chi connectivity index (χ0) is 22.6. The van der Waals surface area contributed by atoms with Crippen LogP contribution in [0.4, 0.5) is 14.9 Å². The van der Waals surface area contributed by atoms with Crippen LogP contribution in [0.2, 0.25) is 0 Å². The van der Waals surface area contributed by atoms with Crippen LogP contribution in [-0.4, -0.2) is 47.3 Å². The summed E-state index contributed by atoms with van der Waals surface area (Å²) < 4.78 is 21.1. The van der Waals surface area contributed by atoms with Gasteiger partial charge in [-0.1, -0.05) is 18.2 Å². The molecule has 7 heteroatoms. The molecular weight excluding hydrogens is 407 g/mol. The van der Waals surface area contributed by atoms with Gasteiger partial charge in [-0.3, -0.25) is 0 Å². The Morgan fingerprint density at radius 3 is 2.81 bits per heavy atom. The molecule has 1 aromatic heterocycles. The van der Waals surface area contributed by atoms with E-state index in [0.717, 1.165) is 29.1 Å². The van der Waals surface area contributed by atoms with E-state index < -0.39 is 11.4 Å². The van der Waals surface area contributed by atoms with Gasteiger partial charge in [-0.05, 0) is 51.7 Å². The van der Waals surface area contributed by atoms with Crippen molar-refractivity contribution in [3.8, 4) is 6.07 Å². The van der Waals surface area contributed by atoms with Crippen molar-refractivity contribution in [3.05, 3.63) is 41.7 Å². The molecule has 2 atom stereocenters. The first-order valence-corrected chi connectivity index (χ1v) is 11.1. The van der Waals surface area contributed by atoms with Crippen LogP contribution in [0.1, 0.15) is 39.2 Å². The third-order valence-electron chi connectivity index (χ3n) is 6.55. The number of nitrogens with zero attached hydrogens (tertiary/aromatic N) is 3. The Labute approximate surface area is 186 Å². The van der Waals surface area contributed by atoms with E-state index in [1.165, 1.54) is 6.07 Å². The Bertz CT molecular complexity index is 1250. The number of nitrogens with one attached hydrogen (secondary N) is 1. The van der Waals surface area contributed by atoms with E-state index in [9.17, 15) is 10.1 Å². The SMILES string of the molecule is CC(C)(C)OC(=O)N1CCC[C@@H]2CN(c3c(F)cc(C#N)c4[nH]c5ccccc5c34)C[C@@H]21. The molecule has 3 aromatic rings. The number of benzene rings is 2.